The Bertz CT molecular complexity index is 364. The van der Waals surface area contributed by atoms with Gasteiger partial charge in [-0.15, -0.1) is 0 Å². The highest BCUT2D eigenvalue weighted by atomic mass is 16.5. The highest BCUT2D eigenvalue weighted by molar-refractivity contribution is 5.14. The normalized spacial score (nSPS) is 21.5. The standard InChI is InChI=1S/C9H17NO.C8H11N/c1-10-5-2-9(3-6-10)4-7-11-8-9;9-7-6-8-4-2-1-3-5-8/h2-8H2,1H3;1-5H,6-7,9H2. The van der Waals surface area contributed by atoms with E-state index in [9.17, 15) is 0 Å². The zero-order chi connectivity index (χ0) is 14.3. The van der Waals surface area contributed by atoms with Gasteiger partial charge in [-0.05, 0) is 63.3 Å². The van der Waals surface area contributed by atoms with Crippen LogP contribution >= 0.6 is 0 Å². The minimum absolute atomic E-state index is 0.590. The maximum absolute atomic E-state index is 5.45. The van der Waals surface area contributed by atoms with Gasteiger partial charge in [-0.25, -0.2) is 0 Å². The number of rotatable bonds is 2. The average Bonchev–Trinajstić information content (AvgIpc) is 2.93. The lowest BCUT2D eigenvalue weighted by Crippen LogP contribution is -2.38. The third kappa shape index (κ3) is 4.58. The number of piperidine rings is 1. The van der Waals surface area contributed by atoms with Crippen molar-refractivity contribution in [2.45, 2.75) is 25.7 Å². The van der Waals surface area contributed by atoms with E-state index in [0.29, 0.717) is 5.41 Å². The van der Waals surface area contributed by atoms with E-state index < -0.39 is 0 Å². The summed E-state index contributed by atoms with van der Waals surface area (Å²) in [4.78, 5) is 2.42. The summed E-state index contributed by atoms with van der Waals surface area (Å²) < 4.78 is 5.45. The first kappa shape index (κ1) is 15.5. The van der Waals surface area contributed by atoms with Crippen LogP contribution in [0.3, 0.4) is 0 Å². The first-order valence-electron chi connectivity index (χ1n) is 7.74. The smallest absolute Gasteiger partial charge is 0.0524 e. The second-order valence-electron chi connectivity index (χ2n) is 6.13. The molecule has 2 aliphatic rings. The molecule has 0 unspecified atom stereocenters. The second-order valence-corrected chi connectivity index (χ2v) is 6.13. The van der Waals surface area contributed by atoms with Crippen molar-refractivity contribution in [2.75, 3.05) is 39.9 Å². The van der Waals surface area contributed by atoms with Crippen LogP contribution in [0.15, 0.2) is 30.3 Å². The number of ether oxygens (including phenoxy) is 1. The molecular weight excluding hydrogens is 248 g/mol. The maximum atomic E-state index is 5.45. The lowest BCUT2D eigenvalue weighted by atomic mass is 9.78. The summed E-state index contributed by atoms with van der Waals surface area (Å²) in [7, 11) is 2.21. The number of nitrogens with zero attached hydrogens (tertiary/aromatic N) is 1. The molecule has 20 heavy (non-hydrogen) atoms. The Balaban J connectivity index is 0.000000151. The fraction of sp³-hybridized carbons (Fsp3) is 0.647. The van der Waals surface area contributed by atoms with Crippen LogP contribution in [-0.2, 0) is 11.2 Å². The Morgan fingerprint density at radius 1 is 1.15 bits per heavy atom. The molecule has 3 nitrogen and oxygen atoms in total. The molecule has 2 aliphatic heterocycles. The third-order valence-corrected chi connectivity index (χ3v) is 4.51. The Hall–Kier alpha value is -0.900. The van der Waals surface area contributed by atoms with Gasteiger partial charge in [0, 0.05) is 6.61 Å². The molecule has 3 rings (SSSR count). The summed E-state index contributed by atoms with van der Waals surface area (Å²) in [5.74, 6) is 0. The highest BCUT2D eigenvalue weighted by Gasteiger charge is 2.36. The van der Waals surface area contributed by atoms with Gasteiger partial charge in [0.15, 0.2) is 0 Å². The summed E-state index contributed by atoms with van der Waals surface area (Å²) in [6, 6.07) is 10.3. The van der Waals surface area contributed by atoms with Crippen LogP contribution in [0.5, 0.6) is 0 Å². The van der Waals surface area contributed by atoms with E-state index in [2.05, 4.69) is 24.1 Å². The monoisotopic (exact) mass is 276 g/mol. The van der Waals surface area contributed by atoms with Crippen molar-refractivity contribution in [3.8, 4) is 0 Å². The zero-order valence-electron chi connectivity index (χ0n) is 12.7. The number of likely N-dealkylation sites (tertiary alicyclic amines) is 1. The zero-order valence-corrected chi connectivity index (χ0v) is 12.7. The SMILES string of the molecule is CN1CCC2(CCOC2)CC1.NCCc1ccccc1. The Morgan fingerprint density at radius 2 is 1.85 bits per heavy atom. The maximum Gasteiger partial charge on any atom is 0.0524 e. The molecule has 0 bridgehead atoms. The average molecular weight is 276 g/mol. The topological polar surface area (TPSA) is 38.5 Å². The van der Waals surface area contributed by atoms with E-state index in [-0.39, 0.29) is 0 Å². The van der Waals surface area contributed by atoms with Gasteiger partial charge < -0.3 is 15.4 Å². The molecule has 1 aromatic carbocycles. The molecule has 0 radical (unpaired) electrons. The number of nitrogens with two attached hydrogens (primary N) is 1. The van der Waals surface area contributed by atoms with Crippen molar-refractivity contribution in [3.63, 3.8) is 0 Å². The van der Waals surface area contributed by atoms with E-state index in [1.54, 1.807) is 0 Å². The Morgan fingerprint density at radius 3 is 2.40 bits per heavy atom. The van der Waals surface area contributed by atoms with Crippen LogP contribution in [-0.4, -0.2) is 44.8 Å². The van der Waals surface area contributed by atoms with E-state index in [1.807, 2.05) is 18.2 Å². The quantitative estimate of drug-likeness (QED) is 0.901. The van der Waals surface area contributed by atoms with Gasteiger partial charge in [0.05, 0.1) is 6.61 Å². The van der Waals surface area contributed by atoms with E-state index in [1.165, 1.54) is 37.9 Å². The van der Waals surface area contributed by atoms with Crippen LogP contribution in [0.4, 0.5) is 0 Å². The van der Waals surface area contributed by atoms with Gasteiger partial charge in [0.25, 0.3) is 0 Å². The van der Waals surface area contributed by atoms with Gasteiger partial charge in [-0.2, -0.15) is 0 Å². The van der Waals surface area contributed by atoms with Crippen molar-refractivity contribution in [2.24, 2.45) is 11.1 Å². The fourth-order valence-corrected chi connectivity index (χ4v) is 2.95. The van der Waals surface area contributed by atoms with Gasteiger partial charge in [0.1, 0.15) is 0 Å². The minimum atomic E-state index is 0.590. The Labute approximate surface area is 123 Å². The van der Waals surface area contributed by atoms with Crippen molar-refractivity contribution in [1.29, 1.82) is 0 Å². The first-order chi connectivity index (χ1) is 9.74. The summed E-state index contributed by atoms with van der Waals surface area (Å²) >= 11 is 0. The molecule has 0 saturated carbocycles. The largest absolute Gasteiger partial charge is 0.381 e. The Kier molecular flexibility index (Phi) is 6.02. The minimum Gasteiger partial charge on any atom is -0.381 e. The van der Waals surface area contributed by atoms with E-state index >= 15 is 0 Å². The number of benzene rings is 1. The molecule has 0 amide bonds. The fourth-order valence-electron chi connectivity index (χ4n) is 2.95. The molecule has 3 heteroatoms. The van der Waals surface area contributed by atoms with Gasteiger partial charge in [-0.1, -0.05) is 30.3 Å². The summed E-state index contributed by atoms with van der Waals surface area (Å²) in [6.07, 6.45) is 4.99. The van der Waals surface area contributed by atoms with Gasteiger partial charge in [0.2, 0.25) is 0 Å². The molecule has 112 valence electrons. The molecule has 1 spiro atoms. The predicted molar refractivity (Wildman–Crippen MR) is 83.8 cm³/mol. The molecule has 2 heterocycles. The summed E-state index contributed by atoms with van der Waals surface area (Å²) in [5, 5.41) is 0. The van der Waals surface area contributed by atoms with E-state index in [4.69, 9.17) is 10.5 Å². The number of hydrogen-bond acceptors (Lipinski definition) is 3. The van der Waals surface area contributed by atoms with Gasteiger partial charge in [-0.3, -0.25) is 0 Å². The number of hydrogen-bond donors (Lipinski definition) is 1. The molecule has 0 atom stereocenters. The lowest BCUT2D eigenvalue weighted by molar-refractivity contribution is 0.0921. The summed E-state index contributed by atoms with van der Waals surface area (Å²) in [5.41, 5.74) is 7.27. The lowest BCUT2D eigenvalue weighted by Gasteiger charge is -2.36. The van der Waals surface area contributed by atoms with Gasteiger partial charge >= 0.3 is 0 Å². The molecule has 2 saturated heterocycles. The molecule has 2 N–H and O–H groups in total. The van der Waals surface area contributed by atoms with Crippen LogP contribution < -0.4 is 5.73 Å². The second kappa shape index (κ2) is 7.77. The van der Waals surface area contributed by atoms with Crippen molar-refractivity contribution < 1.29 is 4.74 Å². The van der Waals surface area contributed by atoms with Crippen molar-refractivity contribution in [3.05, 3.63) is 35.9 Å². The van der Waals surface area contributed by atoms with Crippen LogP contribution in [0.1, 0.15) is 24.8 Å². The van der Waals surface area contributed by atoms with Crippen LogP contribution in [0.25, 0.3) is 0 Å². The molecule has 0 aliphatic carbocycles. The summed E-state index contributed by atoms with van der Waals surface area (Å²) in [6.45, 7) is 5.31. The van der Waals surface area contributed by atoms with Crippen LogP contribution in [0, 0.1) is 5.41 Å². The molecule has 1 aromatic rings. The molecular formula is C17H28N2O. The van der Waals surface area contributed by atoms with Crippen molar-refractivity contribution >= 4 is 0 Å². The third-order valence-electron chi connectivity index (χ3n) is 4.51. The first-order valence-corrected chi connectivity index (χ1v) is 7.74. The molecule has 2 fully saturated rings. The van der Waals surface area contributed by atoms with Crippen molar-refractivity contribution in [1.82, 2.24) is 4.90 Å². The van der Waals surface area contributed by atoms with Crippen LogP contribution in [0.2, 0.25) is 0 Å². The predicted octanol–water partition coefficient (Wildman–Crippen LogP) is 2.31. The van der Waals surface area contributed by atoms with E-state index in [0.717, 1.165) is 26.2 Å². The molecule has 0 aromatic heterocycles. The highest BCUT2D eigenvalue weighted by Crippen LogP contribution is 2.38.